The number of ether oxygens (including phenoxy) is 2. The van der Waals surface area contributed by atoms with E-state index in [4.69, 9.17) is 9.47 Å². The summed E-state index contributed by atoms with van der Waals surface area (Å²) in [6.45, 7) is 0. The van der Waals surface area contributed by atoms with Crippen molar-refractivity contribution in [3.8, 4) is 0 Å². The van der Waals surface area contributed by atoms with Gasteiger partial charge in [-0.1, -0.05) is 19.3 Å². The first kappa shape index (κ1) is 10.1. The van der Waals surface area contributed by atoms with E-state index in [0.29, 0.717) is 0 Å². The van der Waals surface area contributed by atoms with Gasteiger partial charge < -0.3 is 9.47 Å². The summed E-state index contributed by atoms with van der Waals surface area (Å²) in [4.78, 5) is 22.5. The first-order valence-electron chi connectivity index (χ1n) is 6.05. The van der Waals surface area contributed by atoms with Crippen LogP contribution in [-0.4, -0.2) is 17.7 Å². The molecule has 0 bridgehead atoms. The monoisotopic (exact) mass is 224 g/mol. The number of hydrogen-bond acceptors (Lipinski definition) is 4. The van der Waals surface area contributed by atoms with E-state index in [1.54, 1.807) is 0 Å². The maximum atomic E-state index is 11.2. The van der Waals surface area contributed by atoms with Crippen LogP contribution in [0.3, 0.4) is 0 Å². The van der Waals surface area contributed by atoms with Crippen molar-refractivity contribution in [1.82, 2.24) is 0 Å². The zero-order valence-electron chi connectivity index (χ0n) is 9.29. The van der Waals surface area contributed by atoms with Crippen molar-refractivity contribution in [3.05, 3.63) is 0 Å². The fraction of sp³-hybridized carbons (Fsp3) is 0.833. The van der Waals surface area contributed by atoms with Crippen molar-refractivity contribution in [2.24, 2.45) is 5.41 Å². The highest BCUT2D eigenvalue weighted by atomic mass is 16.7. The normalized spacial score (nSPS) is 30.8. The van der Waals surface area contributed by atoms with Gasteiger partial charge in [-0.3, -0.25) is 9.59 Å². The molecule has 1 saturated heterocycles. The predicted molar refractivity (Wildman–Crippen MR) is 54.3 cm³/mol. The van der Waals surface area contributed by atoms with Gasteiger partial charge in [0, 0.05) is 12.8 Å². The van der Waals surface area contributed by atoms with Crippen molar-refractivity contribution in [2.75, 3.05) is 0 Å². The van der Waals surface area contributed by atoms with Crippen molar-refractivity contribution >= 4 is 11.9 Å². The summed E-state index contributed by atoms with van der Waals surface area (Å²) in [5.74, 6) is -1.74. The third kappa shape index (κ3) is 1.51. The van der Waals surface area contributed by atoms with Crippen LogP contribution in [0.4, 0.5) is 0 Å². The Morgan fingerprint density at radius 1 is 0.875 bits per heavy atom. The SMILES string of the molecule is O=C1CC(=O)OC2(CC3(CCCCC3)C2)O1. The molecule has 16 heavy (non-hydrogen) atoms. The Bertz CT molecular complexity index is 315. The lowest BCUT2D eigenvalue weighted by atomic mass is 9.57. The van der Waals surface area contributed by atoms with Gasteiger partial charge in [0.25, 0.3) is 5.79 Å². The van der Waals surface area contributed by atoms with Crippen LogP contribution >= 0.6 is 0 Å². The molecule has 1 aliphatic heterocycles. The predicted octanol–water partition coefficient (Wildman–Crippen LogP) is 1.92. The number of hydrogen-bond donors (Lipinski definition) is 0. The molecule has 0 radical (unpaired) electrons. The van der Waals surface area contributed by atoms with Gasteiger partial charge in [-0.15, -0.1) is 0 Å². The van der Waals surface area contributed by atoms with Crippen molar-refractivity contribution in [1.29, 1.82) is 0 Å². The third-order valence-electron chi connectivity index (χ3n) is 4.09. The standard InChI is InChI=1S/C12H16O4/c13-9-6-10(14)16-12(15-9)7-11(8-12)4-2-1-3-5-11/h1-8H2. The lowest BCUT2D eigenvalue weighted by Gasteiger charge is -2.56. The molecule has 0 aromatic carbocycles. The van der Waals surface area contributed by atoms with Crippen molar-refractivity contribution < 1.29 is 19.1 Å². The van der Waals surface area contributed by atoms with Gasteiger partial charge in [0.15, 0.2) is 0 Å². The van der Waals surface area contributed by atoms with E-state index in [2.05, 4.69) is 0 Å². The fourth-order valence-electron chi connectivity index (χ4n) is 3.52. The Balaban J connectivity index is 1.69. The molecule has 0 N–H and O–H groups in total. The summed E-state index contributed by atoms with van der Waals surface area (Å²) >= 11 is 0. The molecule has 2 spiro atoms. The molecule has 2 aliphatic carbocycles. The first-order valence-corrected chi connectivity index (χ1v) is 6.05. The van der Waals surface area contributed by atoms with E-state index in [0.717, 1.165) is 12.8 Å². The molecule has 0 atom stereocenters. The highest BCUT2D eigenvalue weighted by Crippen LogP contribution is 2.59. The first-order chi connectivity index (χ1) is 7.62. The molecule has 1 heterocycles. The summed E-state index contributed by atoms with van der Waals surface area (Å²) in [6.07, 6.45) is 7.38. The zero-order chi connectivity index (χ0) is 11.2. The summed E-state index contributed by atoms with van der Waals surface area (Å²) < 4.78 is 10.5. The molecular formula is C12H16O4. The fourth-order valence-corrected chi connectivity index (χ4v) is 3.52. The van der Waals surface area contributed by atoms with Crippen LogP contribution in [0, 0.1) is 5.41 Å². The van der Waals surface area contributed by atoms with Crippen LogP contribution in [0.2, 0.25) is 0 Å². The number of carbonyl (C=O) groups excluding carboxylic acids is 2. The Kier molecular flexibility index (Phi) is 2.03. The molecule has 3 aliphatic rings. The zero-order valence-corrected chi connectivity index (χ0v) is 9.29. The topological polar surface area (TPSA) is 52.6 Å². The van der Waals surface area contributed by atoms with Crippen LogP contribution in [0.25, 0.3) is 0 Å². The smallest absolute Gasteiger partial charge is 0.320 e. The lowest BCUT2D eigenvalue weighted by Crippen LogP contribution is -2.59. The summed E-state index contributed by atoms with van der Waals surface area (Å²) in [5, 5.41) is 0. The van der Waals surface area contributed by atoms with Crippen molar-refractivity contribution in [3.63, 3.8) is 0 Å². The maximum absolute atomic E-state index is 11.2. The minimum absolute atomic E-state index is 0.227. The van der Waals surface area contributed by atoms with Crippen LogP contribution in [0.1, 0.15) is 51.4 Å². The second-order valence-corrected chi connectivity index (χ2v) is 5.45. The van der Waals surface area contributed by atoms with Crippen LogP contribution in [0.15, 0.2) is 0 Å². The van der Waals surface area contributed by atoms with E-state index in [9.17, 15) is 9.59 Å². The Labute approximate surface area is 94.3 Å². The Hall–Kier alpha value is -1.06. The molecule has 4 heteroatoms. The molecule has 0 aromatic rings. The lowest BCUT2D eigenvalue weighted by molar-refractivity contribution is -0.305. The van der Waals surface area contributed by atoms with E-state index in [1.165, 1.54) is 32.1 Å². The van der Waals surface area contributed by atoms with Gasteiger partial charge in [-0.05, 0) is 18.3 Å². The molecule has 0 unspecified atom stereocenters. The molecular weight excluding hydrogens is 208 g/mol. The molecule has 4 nitrogen and oxygen atoms in total. The highest BCUT2D eigenvalue weighted by molar-refractivity contribution is 5.93. The van der Waals surface area contributed by atoms with Gasteiger partial charge in [0.05, 0.1) is 0 Å². The summed E-state index contributed by atoms with van der Waals surface area (Å²) in [6, 6.07) is 0. The van der Waals surface area contributed by atoms with E-state index < -0.39 is 17.7 Å². The quantitative estimate of drug-likeness (QED) is 0.466. The van der Waals surface area contributed by atoms with Gasteiger partial charge in [0.2, 0.25) is 0 Å². The van der Waals surface area contributed by atoms with E-state index in [-0.39, 0.29) is 11.8 Å². The molecule has 0 aromatic heterocycles. The van der Waals surface area contributed by atoms with Gasteiger partial charge in [-0.25, -0.2) is 0 Å². The minimum atomic E-state index is -0.885. The average Bonchev–Trinajstić information content (AvgIpc) is 2.14. The minimum Gasteiger partial charge on any atom is -0.422 e. The number of rotatable bonds is 0. The number of esters is 2. The molecule has 2 saturated carbocycles. The maximum Gasteiger partial charge on any atom is 0.320 e. The van der Waals surface area contributed by atoms with Crippen LogP contribution in [0.5, 0.6) is 0 Å². The second kappa shape index (κ2) is 3.22. The number of carbonyl (C=O) groups is 2. The summed E-state index contributed by atoms with van der Waals surface area (Å²) in [5.41, 5.74) is 0.288. The van der Waals surface area contributed by atoms with Crippen LogP contribution < -0.4 is 0 Å². The second-order valence-electron chi connectivity index (χ2n) is 5.45. The van der Waals surface area contributed by atoms with Gasteiger partial charge >= 0.3 is 11.9 Å². The third-order valence-corrected chi connectivity index (χ3v) is 4.09. The van der Waals surface area contributed by atoms with Crippen molar-refractivity contribution in [2.45, 2.75) is 57.2 Å². The molecule has 88 valence electrons. The van der Waals surface area contributed by atoms with Crippen LogP contribution in [-0.2, 0) is 19.1 Å². The molecule has 3 rings (SSSR count). The Morgan fingerprint density at radius 2 is 1.44 bits per heavy atom. The Morgan fingerprint density at radius 3 is 2.00 bits per heavy atom. The summed E-state index contributed by atoms with van der Waals surface area (Å²) in [7, 11) is 0. The van der Waals surface area contributed by atoms with Gasteiger partial charge in [0.1, 0.15) is 6.42 Å². The molecule has 3 fully saturated rings. The highest BCUT2D eigenvalue weighted by Gasteiger charge is 2.61. The van der Waals surface area contributed by atoms with Gasteiger partial charge in [-0.2, -0.15) is 0 Å². The average molecular weight is 224 g/mol. The van der Waals surface area contributed by atoms with E-state index >= 15 is 0 Å². The van der Waals surface area contributed by atoms with E-state index in [1.807, 2.05) is 0 Å². The largest absolute Gasteiger partial charge is 0.422 e. The molecule has 0 amide bonds.